The van der Waals surface area contributed by atoms with E-state index in [0.29, 0.717) is 5.92 Å². The Balaban J connectivity index is 1.77. The van der Waals surface area contributed by atoms with Gasteiger partial charge in [0.2, 0.25) is 0 Å². The second-order valence-electron chi connectivity index (χ2n) is 7.07. The summed E-state index contributed by atoms with van der Waals surface area (Å²) >= 11 is 6.48. The summed E-state index contributed by atoms with van der Waals surface area (Å²) in [6, 6.07) is 0. The summed E-state index contributed by atoms with van der Waals surface area (Å²) in [5.41, 5.74) is 2.16. The molecule has 1 aromatic rings. The van der Waals surface area contributed by atoms with Crippen molar-refractivity contribution in [3.8, 4) is 0 Å². The molecule has 2 heterocycles. The minimum Gasteiger partial charge on any atom is -0.395 e. The van der Waals surface area contributed by atoms with Gasteiger partial charge in [-0.05, 0) is 51.2 Å². The molecule has 1 aliphatic heterocycles. The maximum absolute atomic E-state index is 8.99. The van der Waals surface area contributed by atoms with Gasteiger partial charge in [-0.25, -0.2) is 0 Å². The van der Waals surface area contributed by atoms with Crippen molar-refractivity contribution in [1.82, 2.24) is 20.0 Å². The topological polar surface area (TPSA) is 53.3 Å². The van der Waals surface area contributed by atoms with Crippen molar-refractivity contribution in [2.45, 2.75) is 46.7 Å². The fourth-order valence-electron chi connectivity index (χ4n) is 3.21. The van der Waals surface area contributed by atoms with E-state index in [-0.39, 0.29) is 6.61 Å². The van der Waals surface area contributed by atoms with Crippen molar-refractivity contribution >= 4 is 11.6 Å². The highest BCUT2D eigenvalue weighted by atomic mass is 35.5. The number of nitrogens with zero attached hydrogens (tertiary/aromatic N) is 3. The van der Waals surface area contributed by atoms with Gasteiger partial charge in [0, 0.05) is 25.2 Å². The van der Waals surface area contributed by atoms with Gasteiger partial charge in [0.15, 0.2) is 0 Å². The van der Waals surface area contributed by atoms with Crippen molar-refractivity contribution in [3.05, 3.63) is 16.4 Å². The minimum atomic E-state index is 0.265. The van der Waals surface area contributed by atoms with Crippen LogP contribution in [0.15, 0.2) is 0 Å². The SMILES string of the molecule is Cc1nn(CC(C)C)c(Cl)c1CNCC1CCN(CCO)CC1. The van der Waals surface area contributed by atoms with Gasteiger partial charge in [0.1, 0.15) is 5.15 Å². The predicted octanol–water partition coefficient (Wildman–Crippen LogP) is 2.29. The zero-order valence-corrected chi connectivity index (χ0v) is 15.4. The number of hydrogen-bond acceptors (Lipinski definition) is 4. The predicted molar refractivity (Wildman–Crippen MR) is 94.8 cm³/mol. The maximum Gasteiger partial charge on any atom is 0.131 e. The largest absolute Gasteiger partial charge is 0.395 e. The van der Waals surface area contributed by atoms with Crippen LogP contribution in [0.4, 0.5) is 0 Å². The Kier molecular flexibility index (Phi) is 7.34. The molecule has 1 saturated heterocycles. The summed E-state index contributed by atoms with van der Waals surface area (Å²) < 4.78 is 1.92. The molecule has 0 saturated carbocycles. The number of aliphatic hydroxyl groups is 1. The monoisotopic (exact) mass is 342 g/mol. The summed E-state index contributed by atoms with van der Waals surface area (Å²) in [6.45, 7) is 12.3. The van der Waals surface area contributed by atoms with Crippen LogP contribution in [-0.2, 0) is 13.1 Å². The molecular formula is C17H31ClN4O. The van der Waals surface area contributed by atoms with Gasteiger partial charge in [0.25, 0.3) is 0 Å². The van der Waals surface area contributed by atoms with E-state index >= 15 is 0 Å². The number of aromatic nitrogens is 2. The van der Waals surface area contributed by atoms with Gasteiger partial charge in [-0.1, -0.05) is 25.4 Å². The summed E-state index contributed by atoms with van der Waals surface area (Å²) in [4.78, 5) is 2.34. The lowest BCUT2D eigenvalue weighted by molar-refractivity contribution is 0.146. The summed E-state index contributed by atoms with van der Waals surface area (Å²) in [6.07, 6.45) is 2.40. The zero-order chi connectivity index (χ0) is 16.8. The van der Waals surface area contributed by atoms with Crippen molar-refractivity contribution in [3.63, 3.8) is 0 Å². The molecule has 0 amide bonds. The third-order valence-electron chi connectivity index (χ3n) is 4.58. The summed E-state index contributed by atoms with van der Waals surface area (Å²) in [5, 5.41) is 17.9. The number of aryl methyl sites for hydroxylation is 1. The highest BCUT2D eigenvalue weighted by Gasteiger charge is 2.19. The standard InChI is InChI=1S/C17H31ClN4O/c1-13(2)12-22-17(18)16(14(3)20-22)11-19-10-15-4-6-21(7-5-15)8-9-23/h13,15,19,23H,4-12H2,1-3H3. The van der Waals surface area contributed by atoms with E-state index in [4.69, 9.17) is 16.7 Å². The Morgan fingerprint density at radius 3 is 2.65 bits per heavy atom. The smallest absolute Gasteiger partial charge is 0.131 e. The van der Waals surface area contributed by atoms with E-state index in [9.17, 15) is 0 Å². The van der Waals surface area contributed by atoms with Crippen LogP contribution < -0.4 is 5.32 Å². The molecule has 0 aliphatic carbocycles. The molecule has 0 unspecified atom stereocenters. The fourth-order valence-corrected chi connectivity index (χ4v) is 3.53. The van der Waals surface area contributed by atoms with E-state index in [0.717, 1.165) is 61.6 Å². The lowest BCUT2D eigenvalue weighted by Crippen LogP contribution is -2.38. The molecule has 0 atom stereocenters. The van der Waals surface area contributed by atoms with E-state index in [1.807, 2.05) is 11.6 Å². The van der Waals surface area contributed by atoms with Crippen LogP contribution >= 0.6 is 11.6 Å². The molecule has 2 N–H and O–H groups in total. The van der Waals surface area contributed by atoms with Gasteiger partial charge in [-0.3, -0.25) is 4.68 Å². The first-order valence-corrected chi connectivity index (χ1v) is 9.14. The van der Waals surface area contributed by atoms with Gasteiger partial charge >= 0.3 is 0 Å². The molecular weight excluding hydrogens is 312 g/mol. The van der Waals surface area contributed by atoms with E-state index in [1.165, 1.54) is 12.8 Å². The van der Waals surface area contributed by atoms with Gasteiger partial charge in [0.05, 0.1) is 12.3 Å². The first-order chi connectivity index (χ1) is 11.0. The third kappa shape index (κ3) is 5.45. The van der Waals surface area contributed by atoms with Crippen LogP contribution in [0.25, 0.3) is 0 Å². The Hall–Kier alpha value is -0.620. The summed E-state index contributed by atoms with van der Waals surface area (Å²) in [5.74, 6) is 1.26. The number of likely N-dealkylation sites (tertiary alicyclic amines) is 1. The van der Waals surface area contributed by atoms with Crippen LogP contribution in [0.3, 0.4) is 0 Å². The number of rotatable bonds is 8. The Bertz CT molecular complexity index is 481. The van der Waals surface area contributed by atoms with E-state index in [1.54, 1.807) is 0 Å². The molecule has 0 radical (unpaired) electrons. The molecule has 6 heteroatoms. The average Bonchev–Trinajstić information content (AvgIpc) is 2.76. The molecule has 5 nitrogen and oxygen atoms in total. The quantitative estimate of drug-likeness (QED) is 0.761. The average molecular weight is 343 g/mol. The maximum atomic E-state index is 8.99. The number of piperidine rings is 1. The van der Waals surface area contributed by atoms with E-state index < -0.39 is 0 Å². The Morgan fingerprint density at radius 1 is 1.35 bits per heavy atom. The van der Waals surface area contributed by atoms with E-state index in [2.05, 4.69) is 29.2 Å². The zero-order valence-electron chi connectivity index (χ0n) is 14.7. The molecule has 2 rings (SSSR count). The number of nitrogens with one attached hydrogen (secondary N) is 1. The number of β-amino-alcohol motifs (C(OH)–C–C–N with tert-alkyl or cyclic N) is 1. The van der Waals surface area contributed by atoms with Crippen LogP contribution in [0.2, 0.25) is 5.15 Å². The van der Waals surface area contributed by atoms with Crippen molar-refractivity contribution < 1.29 is 5.11 Å². The van der Waals surface area contributed by atoms with Crippen LogP contribution in [0.5, 0.6) is 0 Å². The Labute approximate surface area is 145 Å². The third-order valence-corrected chi connectivity index (χ3v) is 5.00. The fraction of sp³-hybridized carbons (Fsp3) is 0.824. The normalized spacial score (nSPS) is 17.3. The van der Waals surface area contributed by atoms with Crippen molar-refractivity contribution in [2.24, 2.45) is 11.8 Å². The number of halogens is 1. The molecule has 1 aliphatic rings. The second-order valence-corrected chi connectivity index (χ2v) is 7.43. The molecule has 0 aromatic carbocycles. The number of aliphatic hydroxyl groups excluding tert-OH is 1. The molecule has 132 valence electrons. The molecule has 1 fully saturated rings. The van der Waals surface area contributed by atoms with Crippen LogP contribution in [-0.4, -0.2) is 52.6 Å². The van der Waals surface area contributed by atoms with Crippen molar-refractivity contribution in [2.75, 3.05) is 32.8 Å². The van der Waals surface area contributed by atoms with Crippen LogP contribution in [0, 0.1) is 18.8 Å². The first-order valence-electron chi connectivity index (χ1n) is 8.77. The molecule has 0 bridgehead atoms. The molecule has 0 spiro atoms. The lowest BCUT2D eigenvalue weighted by Gasteiger charge is -2.31. The molecule has 23 heavy (non-hydrogen) atoms. The van der Waals surface area contributed by atoms with Gasteiger partial charge < -0.3 is 15.3 Å². The number of hydrogen-bond donors (Lipinski definition) is 2. The lowest BCUT2D eigenvalue weighted by atomic mass is 9.97. The highest BCUT2D eigenvalue weighted by Crippen LogP contribution is 2.21. The molecule has 1 aromatic heterocycles. The Morgan fingerprint density at radius 2 is 2.04 bits per heavy atom. The summed E-state index contributed by atoms with van der Waals surface area (Å²) in [7, 11) is 0. The van der Waals surface area contributed by atoms with Gasteiger partial charge in [-0.15, -0.1) is 0 Å². The minimum absolute atomic E-state index is 0.265. The second kappa shape index (κ2) is 9.02. The van der Waals surface area contributed by atoms with Crippen molar-refractivity contribution in [1.29, 1.82) is 0 Å². The first kappa shape index (κ1) is 18.7. The highest BCUT2D eigenvalue weighted by molar-refractivity contribution is 6.30. The van der Waals surface area contributed by atoms with Crippen LogP contribution in [0.1, 0.15) is 37.9 Å². The van der Waals surface area contributed by atoms with Gasteiger partial charge in [-0.2, -0.15) is 5.10 Å².